The molecule has 0 saturated heterocycles. The average molecular weight is 307 g/mol. The van der Waals surface area contributed by atoms with Crippen molar-refractivity contribution < 1.29 is 13.6 Å². The van der Waals surface area contributed by atoms with Crippen molar-refractivity contribution in [3.05, 3.63) is 65.2 Å². The third-order valence-electron chi connectivity index (χ3n) is 2.91. The molecule has 0 bridgehead atoms. The maximum Gasteiger partial charge on any atom is 0.230 e. The molecule has 5 heteroatoms. The van der Waals surface area contributed by atoms with Crippen LogP contribution < -0.4 is 5.32 Å². The van der Waals surface area contributed by atoms with Gasteiger partial charge < -0.3 is 5.32 Å². The van der Waals surface area contributed by atoms with E-state index in [2.05, 4.69) is 5.32 Å². The second-order valence-corrected chi connectivity index (χ2v) is 5.65. The summed E-state index contributed by atoms with van der Waals surface area (Å²) in [5.41, 5.74) is 1.30. The topological polar surface area (TPSA) is 29.1 Å². The van der Waals surface area contributed by atoms with Crippen molar-refractivity contribution in [2.24, 2.45) is 0 Å². The van der Waals surface area contributed by atoms with Crippen molar-refractivity contribution in [3.8, 4) is 0 Å². The fourth-order valence-corrected chi connectivity index (χ4v) is 2.41. The van der Waals surface area contributed by atoms with Gasteiger partial charge in [0.2, 0.25) is 5.91 Å². The minimum absolute atomic E-state index is 0.148. The number of benzene rings is 2. The van der Waals surface area contributed by atoms with Crippen LogP contribution >= 0.6 is 11.8 Å². The van der Waals surface area contributed by atoms with Crippen LogP contribution in [-0.2, 0) is 11.3 Å². The Balaban J connectivity index is 1.79. The molecule has 0 unspecified atom stereocenters. The average Bonchev–Trinajstić information content (AvgIpc) is 2.48. The van der Waals surface area contributed by atoms with Crippen LogP contribution in [0.3, 0.4) is 0 Å². The predicted molar refractivity (Wildman–Crippen MR) is 80.1 cm³/mol. The van der Waals surface area contributed by atoms with Gasteiger partial charge >= 0.3 is 0 Å². The lowest BCUT2D eigenvalue weighted by atomic mass is 10.1. The molecule has 2 nitrogen and oxygen atoms in total. The summed E-state index contributed by atoms with van der Waals surface area (Å²) in [4.78, 5) is 12.5. The maximum atomic E-state index is 13.4. The van der Waals surface area contributed by atoms with Gasteiger partial charge in [0, 0.05) is 11.4 Å². The zero-order valence-electron chi connectivity index (χ0n) is 11.5. The smallest absolute Gasteiger partial charge is 0.230 e. The van der Waals surface area contributed by atoms with Crippen LogP contribution in [-0.4, -0.2) is 11.7 Å². The van der Waals surface area contributed by atoms with Crippen LogP contribution in [0.4, 0.5) is 8.78 Å². The van der Waals surface area contributed by atoms with Crippen molar-refractivity contribution >= 4 is 17.7 Å². The lowest BCUT2D eigenvalue weighted by Crippen LogP contribution is -2.24. The Morgan fingerprint density at radius 3 is 2.52 bits per heavy atom. The van der Waals surface area contributed by atoms with Gasteiger partial charge in [0.15, 0.2) is 0 Å². The first kappa shape index (κ1) is 15.5. The van der Waals surface area contributed by atoms with Gasteiger partial charge in [0.1, 0.15) is 11.6 Å². The Hall–Kier alpha value is -1.88. The Bertz CT molecular complexity index is 629. The third kappa shape index (κ3) is 4.86. The number of carbonyl (C=O) groups is 1. The molecule has 110 valence electrons. The fraction of sp³-hybridized carbons (Fsp3) is 0.188. The molecule has 0 spiro atoms. The van der Waals surface area contributed by atoms with Gasteiger partial charge in [-0.1, -0.05) is 12.1 Å². The minimum atomic E-state index is -0.301. The van der Waals surface area contributed by atoms with Crippen LogP contribution in [0.5, 0.6) is 0 Å². The quantitative estimate of drug-likeness (QED) is 0.854. The Morgan fingerprint density at radius 2 is 1.86 bits per heavy atom. The van der Waals surface area contributed by atoms with E-state index >= 15 is 0 Å². The molecule has 0 aliphatic rings. The van der Waals surface area contributed by atoms with Gasteiger partial charge in [-0.15, -0.1) is 11.8 Å². The maximum absolute atomic E-state index is 13.4. The number of nitrogens with one attached hydrogen (secondary N) is 1. The summed E-state index contributed by atoms with van der Waals surface area (Å²) in [6.45, 7) is 1.98. The van der Waals surface area contributed by atoms with Crippen LogP contribution in [0.25, 0.3) is 0 Å². The first-order chi connectivity index (χ1) is 10.0. The Morgan fingerprint density at radius 1 is 1.14 bits per heavy atom. The summed E-state index contributed by atoms with van der Waals surface area (Å²) >= 11 is 1.33. The van der Waals surface area contributed by atoms with Gasteiger partial charge in [-0.2, -0.15) is 0 Å². The molecule has 0 atom stereocenters. The summed E-state index contributed by atoms with van der Waals surface area (Å²) in [5.74, 6) is -0.488. The van der Waals surface area contributed by atoms with Gasteiger partial charge in [0.25, 0.3) is 0 Å². The molecule has 0 saturated carbocycles. The van der Waals surface area contributed by atoms with Crippen LogP contribution in [0.15, 0.2) is 47.4 Å². The summed E-state index contributed by atoms with van der Waals surface area (Å²) in [5, 5.41) is 2.73. The highest BCUT2D eigenvalue weighted by atomic mass is 32.2. The van der Waals surface area contributed by atoms with Crippen molar-refractivity contribution in [1.29, 1.82) is 0 Å². The first-order valence-corrected chi connectivity index (χ1v) is 7.43. The van der Waals surface area contributed by atoms with Crippen molar-refractivity contribution in [3.63, 3.8) is 0 Å². The lowest BCUT2D eigenvalue weighted by molar-refractivity contribution is -0.118. The monoisotopic (exact) mass is 307 g/mol. The standard InChI is InChI=1S/C16H15F2NOS/c1-11-2-3-12(8-15(11)18)9-19-16(20)10-21-14-6-4-13(17)5-7-14/h2-8H,9-10H2,1H3,(H,19,20). The van der Waals surface area contributed by atoms with E-state index in [9.17, 15) is 13.6 Å². The molecule has 0 aliphatic heterocycles. The molecular weight excluding hydrogens is 292 g/mol. The summed E-state index contributed by atoms with van der Waals surface area (Å²) in [7, 11) is 0. The molecule has 2 aromatic carbocycles. The zero-order chi connectivity index (χ0) is 15.2. The summed E-state index contributed by atoms with van der Waals surface area (Å²) in [6, 6.07) is 10.9. The normalized spacial score (nSPS) is 10.4. The van der Waals surface area contributed by atoms with Gasteiger partial charge in [-0.3, -0.25) is 4.79 Å². The van der Waals surface area contributed by atoms with E-state index in [1.54, 1.807) is 31.2 Å². The summed E-state index contributed by atoms with van der Waals surface area (Å²) < 4.78 is 26.1. The molecule has 0 fully saturated rings. The SMILES string of the molecule is Cc1ccc(CNC(=O)CSc2ccc(F)cc2)cc1F. The highest BCUT2D eigenvalue weighted by Gasteiger charge is 2.04. The number of thioether (sulfide) groups is 1. The van der Waals surface area contributed by atoms with E-state index in [1.807, 2.05) is 0 Å². The van der Waals surface area contributed by atoms with Gasteiger partial charge in [0.05, 0.1) is 5.75 Å². The van der Waals surface area contributed by atoms with E-state index in [1.165, 1.54) is 30.0 Å². The number of amides is 1. The molecular formula is C16H15F2NOS. The number of rotatable bonds is 5. The molecule has 2 aromatic rings. The molecule has 1 N–H and O–H groups in total. The number of halogens is 2. The molecule has 0 heterocycles. The van der Waals surface area contributed by atoms with Crippen molar-refractivity contribution in [2.75, 3.05) is 5.75 Å². The van der Waals surface area contributed by atoms with E-state index < -0.39 is 0 Å². The molecule has 1 amide bonds. The number of hydrogen-bond acceptors (Lipinski definition) is 2. The molecule has 2 rings (SSSR count). The zero-order valence-corrected chi connectivity index (χ0v) is 12.3. The van der Waals surface area contributed by atoms with Gasteiger partial charge in [-0.05, 0) is 48.4 Å². The third-order valence-corrected chi connectivity index (χ3v) is 3.92. The predicted octanol–water partition coefficient (Wildman–Crippen LogP) is 3.68. The lowest BCUT2D eigenvalue weighted by Gasteiger charge is -2.06. The molecule has 0 aliphatic carbocycles. The second-order valence-electron chi connectivity index (χ2n) is 4.60. The van der Waals surface area contributed by atoms with E-state index in [4.69, 9.17) is 0 Å². The van der Waals surface area contributed by atoms with E-state index in [0.717, 1.165) is 10.5 Å². The Labute approximate surface area is 126 Å². The number of hydrogen-bond donors (Lipinski definition) is 1. The number of carbonyl (C=O) groups excluding carboxylic acids is 1. The van der Waals surface area contributed by atoms with Crippen LogP contribution in [0, 0.1) is 18.6 Å². The second kappa shape index (κ2) is 7.22. The summed E-state index contributed by atoms with van der Waals surface area (Å²) in [6.07, 6.45) is 0. The fourth-order valence-electron chi connectivity index (χ4n) is 1.68. The van der Waals surface area contributed by atoms with Crippen LogP contribution in [0.2, 0.25) is 0 Å². The highest BCUT2D eigenvalue weighted by molar-refractivity contribution is 8.00. The van der Waals surface area contributed by atoms with E-state index in [0.29, 0.717) is 12.1 Å². The number of aryl methyl sites for hydroxylation is 1. The van der Waals surface area contributed by atoms with E-state index in [-0.39, 0.29) is 23.3 Å². The molecule has 0 radical (unpaired) electrons. The molecule has 0 aromatic heterocycles. The van der Waals surface area contributed by atoms with Gasteiger partial charge in [-0.25, -0.2) is 8.78 Å². The highest BCUT2D eigenvalue weighted by Crippen LogP contribution is 2.17. The van der Waals surface area contributed by atoms with Crippen molar-refractivity contribution in [2.45, 2.75) is 18.4 Å². The largest absolute Gasteiger partial charge is 0.351 e. The Kier molecular flexibility index (Phi) is 5.33. The molecule has 21 heavy (non-hydrogen) atoms. The minimum Gasteiger partial charge on any atom is -0.351 e. The van der Waals surface area contributed by atoms with Crippen molar-refractivity contribution in [1.82, 2.24) is 5.32 Å². The van der Waals surface area contributed by atoms with Crippen LogP contribution in [0.1, 0.15) is 11.1 Å². The first-order valence-electron chi connectivity index (χ1n) is 6.44.